The highest BCUT2D eigenvalue weighted by Gasteiger charge is 2.33. The van der Waals surface area contributed by atoms with Gasteiger partial charge in [0.1, 0.15) is 17.7 Å². The Bertz CT molecular complexity index is 1010. The second kappa shape index (κ2) is 9.41. The van der Waals surface area contributed by atoms with Gasteiger partial charge in [-0.3, -0.25) is 9.69 Å². The average molecular weight is 445 g/mol. The molecule has 4 rings (SSSR count). The smallest absolute Gasteiger partial charge is 0.414 e. The van der Waals surface area contributed by atoms with Gasteiger partial charge in [0.15, 0.2) is 0 Å². The van der Waals surface area contributed by atoms with Gasteiger partial charge in [-0.1, -0.05) is 6.07 Å². The first-order valence-electron chi connectivity index (χ1n) is 10.3. The molecule has 1 atom stereocenters. The molecule has 9 nitrogen and oxygen atoms in total. The molecule has 2 aromatic carbocycles. The van der Waals surface area contributed by atoms with Crippen molar-refractivity contribution >= 4 is 23.4 Å². The lowest BCUT2D eigenvalue weighted by Gasteiger charge is -2.29. The number of benzene rings is 2. The third-order valence-corrected chi connectivity index (χ3v) is 5.48. The van der Waals surface area contributed by atoms with Crippen molar-refractivity contribution in [3.05, 3.63) is 53.3 Å². The SMILES string of the molecule is O=C(NCC1CN(c2ccc(N3CCOCC3)c(F)c2)C(=O)O1)c1ccc(CO)c(O)c1. The number of aliphatic hydroxyl groups excluding tert-OH is 1. The molecule has 0 bridgehead atoms. The van der Waals surface area contributed by atoms with Gasteiger partial charge in [-0.25, -0.2) is 9.18 Å². The molecule has 0 aromatic heterocycles. The molecular weight excluding hydrogens is 421 g/mol. The van der Waals surface area contributed by atoms with E-state index in [9.17, 15) is 19.1 Å². The Morgan fingerprint density at radius 3 is 2.66 bits per heavy atom. The first-order chi connectivity index (χ1) is 15.5. The first kappa shape index (κ1) is 21.8. The number of amides is 2. The lowest BCUT2D eigenvalue weighted by atomic mass is 10.1. The summed E-state index contributed by atoms with van der Waals surface area (Å²) in [5.74, 6) is -1.07. The Labute approximate surface area is 183 Å². The Morgan fingerprint density at radius 2 is 1.97 bits per heavy atom. The Hall–Kier alpha value is -3.37. The number of hydrogen-bond acceptors (Lipinski definition) is 7. The molecule has 170 valence electrons. The van der Waals surface area contributed by atoms with E-state index in [1.807, 2.05) is 4.90 Å². The van der Waals surface area contributed by atoms with Crippen LogP contribution < -0.4 is 15.1 Å². The summed E-state index contributed by atoms with van der Waals surface area (Å²) < 4.78 is 25.3. The second-order valence-corrected chi connectivity index (χ2v) is 7.56. The molecule has 2 fully saturated rings. The van der Waals surface area contributed by atoms with Gasteiger partial charge in [0.25, 0.3) is 5.91 Å². The van der Waals surface area contributed by atoms with E-state index in [4.69, 9.17) is 14.6 Å². The van der Waals surface area contributed by atoms with Crippen LogP contribution in [0.25, 0.3) is 0 Å². The summed E-state index contributed by atoms with van der Waals surface area (Å²) in [4.78, 5) is 27.8. The fourth-order valence-electron chi connectivity index (χ4n) is 3.71. The predicted molar refractivity (Wildman–Crippen MR) is 113 cm³/mol. The van der Waals surface area contributed by atoms with Crippen molar-refractivity contribution in [2.75, 3.05) is 49.2 Å². The molecule has 2 aliphatic heterocycles. The minimum absolute atomic E-state index is 0.0535. The van der Waals surface area contributed by atoms with Gasteiger partial charge < -0.3 is 29.9 Å². The summed E-state index contributed by atoms with van der Waals surface area (Å²) in [7, 11) is 0. The molecule has 0 radical (unpaired) electrons. The van der Waals surface area contributed by atoms with Crippen molar-refractivity contribution in [3.63, 3.8) is 0 Å². The maximum absolute atomic E-state index is 14.7. The van der Waals surface area contributed by atoms with Crippen molar-refractivity contribution < 1.29 is 33.7 Å². The fraction of sp³-hybridized carbons (Fsp3) is 0.364. The van der Waals surface area contributed by atoms with Crippen LogP contribution in [0.4, 0.5) is 20.6 Å². The van der Waals surface area contributed by atoms with Gasteiger partial charge in [0.2, 0.25) is 0 Å². The molecule has 10 heteroatoms. The number of halogens is 1. The topological polar surface area (TPSA) is 112 Å². The first-order valence-corrected chi connectivity index (χ1v) is 10.3. The summed E-state index contributed by atoms with van der Waals surface area (Å²) in [6.07, 6.45) is -1.23. The molecule has 32 heavy (non-hydrogen) atoms. The number of anilines is 2. The van der Waals surface area contributed by atoms with E-state index in [1.165, 1.54) is 29.2 Å². The molecular formula is C22H24FN3O6. The Kier molecular flexibility index (Phi) is 6.42. The highest BCUT2D eigenvalue weighted by atomic mass is 19.1. The number of carbonyl (C=O) groups excluding carboxylic acids is 2. The molecule has 2 aromatic rings. The monoisotopic (exact) mass is 445 g/mol. The van der Waals surface area contributed by atoms with E-state index < -0.39 is 23.9 Å². The number of carbonyl (C=O) groups is 2. The molecule has 0 saturated carbocycles. The molecule has 2 saturated heterocycles. The van der Waals surface area contributed by atoms with Crippen molar-refractivity contribution in [1.82, 2.24) is 5.32 Å². The number of aliphatic hydroxyl groups is 1. The van der Waals surface area contributed by atoms with E-state index >= 15 is 0 Å². The number of nitrogens with zero attached hydrogens (tertiary/aromatic N) is 2. The third kappa shape index (κ3) is 4.61. The Balaban J connectivity index is 1.36. The van der Waals surface area contributed by atoms with Crippen molar-refractivity contribution in [3.8, 4) is 5.75 Å². The molecule has 0 spiro atoms. The third-order valence-electron chi connectivity index (χ3n) is 5.48. The van der Waals surface area contributed by atoms with Crippen molar-refractivity contribution in [2.24, 2.45) is 0 Å². The molecule has 2 heterocycles. The fourth-order valence-corrected chi connectivity index (χ4v) is 3.71. The normalized spacial score (nSPS) is 18.6. The van der Waals surface area contributed by atoms with Crippen LogP contribution in [-0.4, -0.2) is 67.7 Å². The van der Waals surface area contributed by atoms with Crippen LogP contribution in [0.3, 0.4) is 0 Å². The average Bonchev–Trinajstić information content (AvgIpc) is 3.18. The highest BCUT2D eigenvalue weighted by molar-refractivity contribution is 5.95. The van der Waals surface area contributed by atoms with E-state index in [-0.39, 0.29) is 31.0 Å². The van der Waals surface area contributed by atoms with Gasteiger partial charge in [-0.05, 0) is 30.3 Å². The van der Waals surface area contributed by atoms with Gasteiger partial charge in [0.05, 0.1) is 44.3 Å². The molecule has 3 N–H and O–H groups in total. The summed E-state index contributed by atoms with van der Waals surface area (Å²) >= 11 is 0. The highest BCUT2D eigenvalue weighted by Crippen LogP contribution is 2.28. The number of nitrogens with one attached hydrogen (secondary N) is 1. The lowest BCUT2D eigenvalue weighted by Crippen LogP contribution is -2.37. The van der Waals surface area contributed by atoms with Gasteiger partial charge in [-0.15, -0.1) is 0 Å². The molecule has 0 aliphatic carbocycles. The number of cyclic esters (lactones) is 1. The van der Waals surface area contributed by atoms with E-state index in [2.05, 4.69) is 5.32 Å². The largest absolute Gasteiger partial charge is 0.508 e. The van der Waals surface area contributed by atoms with Gasteiger partial charge >= 0.3 is 6.09 Å². The number of phenols is 1. The van der Waals surface area contributed by atoms with Crippen LogP contribution in [0.5, 0.6) is 5.75 Å². The number of aromatic hydroxyl groups is 1. The van der Waals surface area contributed by atoms with Gasteiger partial charge in [0, 0.05) is 24.2 Å². The van der Waals surface area contributed by atoms with Crippen LogP contribution in [-0.2, 0) is 16.1 Å². The van der Waals surface area contributed by atoms with Crippen LogP contribution >= 0.6 is 0 Å². The summed E-state index contributed by atoms with van der Waals surface area (Å²) in [5, 5.41) is 21.5. The molecule has 1 unspecified atom stereocenters. The molecule has 2 amide bonds. The van der Waals surface area contributed by atoms with Crippen LogP contribution in [0.1, 0.15) is 15.9 Å². The number of ether oxygens (including phenoxy) is 2. The number of rotatable bonds is 6. The van der Waals surface area contributed by atoms with Crippen molar-refractivity contribution in [2.45, 2.75) is 12.7 Å². The quantitative estimate of drug-likeness (QED) is 0.620. The number of morpholine rings is 1. The lowest BCUT2D eigenvalue weighted by molar-refractivity contribution is 0.0915. The van der Waals surface area contributed by atoms with E-state index in [1.54, 1.807) is 12.1 Å². The molecule has 2 aliphatic rings. The van der Waals surface area contributed by atoms with E-state index in [0.29, 0.717) is 43.2 Å². The summed E-state index contributed by atoms with van der Waals surface area (Å²) in [6.45, 7) is 2.16. The van der Waals surface area contributed by atoms with Crippen LogP contribution in [0.2, 0.25) is 0 Å². The van der Waals surface area contributed by atoms with Gasteiger partial charge in [-0.2, -0.15) is 0 Å². The zero-order valence-electron chi connectivity index (χ0n) is 17.3. The zero-order chi connectivity index (χ0) is 22.7. The second-order valence-electron chi connectivity index (χ2n) is 7.56. The minimum Gasteiger partial charge on any atom is -0.508 e. The van der Waals surface area contributed by atoms with Crippen molar-refractivity contribution in [1.29, 1.82) is 0 Å². The maximum atomic E-state index is 14.7. The maximum Gasteiger partial charge on any atom is 0.414 e. The Morgan fingerprint density at radius 1 is 1.19 bits per heavy atom. The minimum atomic E-state index is -0.618. The van der Waals surface area contributed by atoms with Crippen LogP contribution in [0, 0.1) is 5.82 Å². The van der Waals surface area contributed by atoms with E-state index in [0.717, 1.165) is 0 Å². The van der Waals surface area contributed by atoms with Crippen LogP contribution in [0.15, 0.2) is 36.4 Å². The zero-order valence-corrected chi connectivity index (χ0v) is 17.3. The predicted octanol–water partition coefficient (Wildman–Crippen LogP) is 1.62. The summed E-state index contributed by atoms with van der Waals surface area (Å²) in [6, 6.07) is 8.80. The standard InChI is InChI=1S/C22H24FN3O6/c23-18-10-16(3-4-19(18)25-5-7-31-8-6-25)26-12-17(32-22(26)30)11-24-21(29)14-1-2-15(13-27)20(28)9-14/h1-4,9-10,17,27-28H,5-8,11-13H2,(H,24,29). The summed E-state index contributed by atoms with van der Waals surface area (Å²) in [5.41, 5.74) is 1.36. The number of hydrogen-bond donors (Lipinski definition) is 3.